The van der Waals surface area contributed by atoms with Gasteiger partial charge in [0.1, 0.15) is 5.75 Å². The van der Waals surface area contributed by atoms with Crippen molar-refractivity contribution in [2.24, 2.45) is 0 Å². The quantitative estimate of drug-likeness (QED) is 0.665. The zero-order valence-electron chi connectivity index (χ0n) is 10.1. The minimum atomic E-state index is -0.394. The molecular formula is C15H14O3. The number of methoxy groups -OCH3 is 1. The van der Waals surface area contributed by atoms with Crippen LogP contribution < -0.4 is 0 Å². The van der Waals surface area contributed by atoms with E-state index >= 15 is 0 Å². The monoisotopic (exact) mass is 242 g/mol. The van der Waals surface area contributed by atoms with Crippen LogP contribution in [-0.4, -0.2) is 18.2 Å². The highest BCUT2D eigenvalue weighted by Gasteiger charge is 2.05. The Morgan fingerprint density at radius 1 is 1.28 bits per heavy atom. The molecule has 0 atom stereocenters. The van der Waals surface area contributed by atoms with Crippen molar-refractivity contribution in [3.05, 3.63) is 54.1 Å². The number of fused-ring (bicyclic) bond motifs is 1. The van der Waals surface area contributed by atoms with Crippen LogP contribution in [0.2, 0.25) is 0 Å². The van der Waals surface area contributed by atoms with E-state index in [1.807, 2.05) is 30.3 Å². The second-order valence-corrected chi connectivity index (χ2v) is 3.91. The molecule has 18 heavy (non-hydrogen) atoms. The number of phenols is 1. The smallest absolute Gasteiger partial charge is 0.330 e. The highest BCUT2D eigenvalue weighted by Crippen LogP contribution is 2.27. The van der Waals surface area contributed by atoms with Crippen molar-refractivity contribution < 1.29 is 14.6 Å². The Morgan fingerprint density at radius 2 is 2.06 bits per heavy atom. The Bertz CT molecular complexity index is 600. The molecule has 2 rings (SSSR count). The summed E-state index contributed by atoms with van der Waals surface area (Å²) >= 11 is 0. The van der Waals surface area contributed by atoms with Crippen LogP contribution >= 0.6 is 0 Å². The average molecular weight is 242 g/mol. The van der Waals surface area contributed by atoms with E-state index in [0.29, 0.717) is 6.42 Å². The van der Waals surface area contributed by atoms with Gasteiger partial charge in [-0.05, 0) is 23.3 Å². The summed E-state index contributed by atoms with van der Waals surface area (Å²) in [5, 5.41) is 11.9. The van der Waals surface area contributed by atoms with Gasteiger partial charge in [-0.25, -0.2) is 4.79 Å². The molecule has 0 aliphatic carbocycles. The van der Waals surface area contributed by atoms with E-state index in [0.717, 1.165) is 16.3 Å². The van der Waals surface area contributed by atoms with Crippen LogP contribution in [-0.2, 0) is 16.0 Å². The first kappa shape index (κ1) is 12.2. The Kier molecular flexibility index (Phi) is 3.63. The third-order valence-electron chi connectivity index (χ3n) is 2.79. The van der Waals surface area contributed by atoms with Crippen LogP contribution in [0.1, 0.15) is 5.56 Å². The Hall–Kier alpha value is -2.29. The van der Waals surface area contributed by atoms with Gasteiger partial charge in [0.2, 0.25) is 0 Å². The predicted octanol–water partition coefficient (Wildman–Crippen LogP) is 2.82. The zero-order valence-corrected chi connectivity index (χ0v) is 10.1. The predicted molar refractivity (Wildman–Crippen MR) is 70.5 cm³/mol. The fourth-order valence-electron chi connectivity index (χ4n) is 1.88. The van der Waals surface area contributed by atoms with Crippen LogP contribution in [0.3, 0.4) is 0 Å². The molecule has 0 aliphatic heterocycles. The second kappa shape index (κ2) is 5.36. The molecule has 3 nitrogen and oxygen atoms in total. The number of phenolic OH excluding ortho intramolecular Hbond substituents is 1. The first-order valence-electron chi connectivity index (χ1n) is 5.66. The number of aromatic hydroxyl groups is 1. The fraction of sp³-hybridized carbons (Fsp3) is 0.133. The molecule has 0 amide bonds. The van der Waals surface area contributed by atoms with Gasteiger partial charge >= 0.3 is 5.97 Å². The molecule has 0 bridgehead atoms. The molecule has 0 fully saturated rings. The molecule has 0 aliphatic rings. The number of benzene rings is 2. The van der Waals surface area contributed by atoms with E-state index < -0.39 is 5.97 Å². The van der Waals surface area contributed by atoms with Gasteiger partial charge in [0.15, 0.2) is 0 Å². The SMILES string of the molecule is COC(=O)/C=C\Cc1c(O)ccc2ccccc12. The summed E-state index contributed by atoms with van der Waals surface area (Å²) < 4.78 is 4.52. The maximum atomic E-state index is 11.0. The van der Waals surface area contributed by atoms with Crippen molar-refractivity contribution in [3.63, 3.8) is 0 Å². The topological polar surface area (TPSA) is 46.5 Å². The van der Waals surface area contributed by atoms with Gasteiger partial charge in [0.05, 0.1) is 7.11 Å². The Balaban J connectivity index is 2.35. The van der Waals surface area contributed by atoms with Crippen LogP contribution in [0.15, 0.2) is 48.6 Å². The highest BCUT2D eigenvalue weighted by atomic mass is 16.5. The number of esters is 1. The van der Waals surface area contributed by atoms with Crippen LogP contribution in [0, 0.1) is 0 Å². The van der Waals surface area contributed by atoms with E-state index in [9.17, 15) is 9.90 Å². The fourth-order valence-corrected chi connectivity index (χ4v) is 1.88. The van der Waals surface area contributed by atoms with Crippen LogP contribution in [0.4, 0.5) is 0 Å². The zero-order chi connectivity index (χ0) is 13.0. The minimum Gasteiger partial charge on any atom is -0.508 e. The number of rotatable bonds is 3. The van der Waals surface area contributed by atoms with E-state index in [1.165, 1.54) is 13.2 Å². The van der Waals surface area contributed by atoms with Crippen LogP contribution in [0.25, 0.3) is 10.8 Å². The van der Waals surface area contributed by atoms with Crippen molar-refractivity contribution in [1.29, 1.82) is 0 Å². The van der Waals surface area contributed by atoms with Crippen molar-refractivity contribution in [3.8, 4) is 5.75 Å². The Labute approximate surface area is 105 Å². The maximum absolute atomic E-state index is 11.0. The van der Waals surface area contributed by atoms with Crippen molar-refractivity contribution in [1.82, 2.24) is 0 Å². The lowest BCUT2D eigenvalue weighted by Crippen LogP contribution is -1.94. The van der Waals surface area contributed by atoms with E-state index in [-0.39, 0.29) is 5.75 Å². The minimum absolute atomic E-state index is 0.239. The molecule has 92 valence electrons. The molecule has 0 heterocycles. The molecule has 0 aromatic heterocycles. The van der Waals surface area contributed by atoms with Gasteiger partial charge in [-0.15, -0.1) is 0 Å². The third kappa shape index (κ3) is 2.51. The van der Waals surface area contributed by atoms with Gasteiger partial charge < -0.3 is 9.84 Å². The number of allylic oxidation sites excluding steroid dienone is 1. The molecule has 3 heteroatoms. The summed E-state index contributed by atoms with van der Waals surface area (Å²) in [5.41, 5.74) is 0.813. The highest BCUT2D eigenvalue weighted by molar-refractivity contribution is 5.88. The summed E-state index contributed by atoms with van der Waals surface area (Å²) in [5.74, 6) is -0.155. The van der Waals surface area contributed by atoms with Gasteiger partial charge in [0.25, 0.3) is 0 Å². The number of carbonyl (C=O) groups is 1. The van der Waals surface area contributed by atoms with Gasteiger partial charge in [-0.3, -0.25) is 0 Å². The summed E-state index contributed by atoms with van der Waals surface area (Å²) in [7, 11) is 1.34. The lowest BCUT2D eigenvalue weighted by atomic mass is 10.0. The van der Waals surface area contributed by atoms with Crippen molar-refractivity contribution >= 4 is 16.7 Å². The molecule has 2 aromatic rings. The average Bonchev–Trinajstić information content (AvgIpc) is 2.41. The lowest BCUT2D eigenvalue weighted by Gasteiger charge is -2.06. The second-order valence-electron chi connectivity index (χ2n) is 3.91. The van der Waals surface area contributed by atoms with Gasteiger partial charge in [0, 0.05) is 11.6 Å². The van der Waals surface area contributed by atoms with E-state index in [1.54, 1.807) is 12.1 Å². The molecule has 0 spiro atoms. The Morgan fingerprint density at radius 3 is 2.83 bits per heavy atom. The summed E-state index contributed by atoms with van der Waals surface area (Å²) in [4.78, 5) is 11.0. The van der Waals surface area contributed by atoms with Crippen LogP contribution in [0.5, 0.6) is 5.75 Å². The van der Waals surface area contributed by atoms with E-state index in [4.69, 9.17) is 0 Å². The summed E-state index contributed by atoms with van der Waals surface area (Å²) in [6.07, 6.45) is 3.54. The van der Waals surface area contributed by atoms with Gasteiger partial charge in [-0.2, -0.15) is 0 Å². The van der Waals surface area contributed by atoms with E-state index in [2.05, 4.69) is 4.74 Å². The summed E-state index contributed by atoms with van der Waals surface area (Å²) in [6.45, 7) is 0. The van der Waals surface area contributed by atoms with Crippen molar-refractivity contribution in [2.45, 2.75) is 6.42 Å². The summed E-state index contributed by atoms with van der Waals surface area (Å²) in [6, 6.07) is 11.4. The number of hydrogen-bond donors (Lipinski definition) is 1. The third-order valence-corrected chi connectivity index (χ3v) is 2.79. The number of ether oxygens (including phenoxy) is 1. The number of carbonyl (C=O) groups excluding carboxylic acids is 1. The molecule has 0 radical (unpaired) electrons. The molecule has 0 saturated carbocycles. The van der Waals surface area contributed by atoms with Crippen molar-refractivity contribution in [2.75, 3.05) is 7.11 Å². The molecule has 0 unspecified atom stereocenters. The number of hydrogen-bond acceptors (Lipinski definition) is 3. The maximum Gasteiger partial charge on any atom is 0.330 e. The largest absolute Gasteiger partial charge is 0.508 e. The first-order valence-corrected chi connectivity index (χ1v) is 5.66. The molecule has 1 N–H and O–H groups in total. The van der Waals surface area contributed by atoms with Gasteiger partial charge in [-0.1, -0.05) is 36.4 Å². The molecular weight excluding hydrogens is 228 g/mol. The normalized spacial score (nSPS) is 10.9. The standard InChI is InChI=1S/C15H14O3/c1-18-15(17)8-4-7-13-12-6-3-2-5-11(12)9-10-14(13)16/h2-6,8-10,16H,7H2,1H3/b8-4-. The first-order chi connectivity index (χ1) is 8.72. The molecule has 0 saturated heterocycles. The lowest BCUT2D eigenvalue weighted by molar-refractivity contribution is -0.134. The molecule has 2 aromatic carbocycles.